The third-order valence-corrected chi connectivity index (χ3v) is 4.80. The average molecular weight is 432 g/mol. The molecule has 0 saturated heterocycles. The number of ether oxygens (including phenoxy) is 2. The Hall–Kier alpha value is -3.56. The number of nitrogens with one attached hydrogen (secondary N) is 1. The molecule has 2 heterocycles. The molecule has 0 bridgehead atoms. The molecule has 0 radical (unpaired) electrons. The van der Waals surface area contributed by atoms with E-state index in [-0.39, 0.29) is 11.4 Å². The van der Waals surface area contributed by atoms with E-state index in [1.807, 2.05) is 6.07 Å². The highest BCUT2D eigenvalue weighted by atomic mass is 19.4. The smallest absolute Gasteiger partial charge is 0.418 e. The van der Waals surface area contributed by atoms with E-state index >= 15 is 0 Å². The number of hydrogen-bond donors (Lipinski definition) is 1. The van der Waals surface area contributed by atoms with Gasteiger partial charge in [-0.2, -0.15) is 13.2 Å². The van der Waals surface area contributed by atoms with Gasteiger partial charge in [-0.3, -0.25) is 4.79 Å². The van der Waals surface area contributed by atoms with Crippen molar-refractivity contribution in [2.24, 2.45) is 0 Å². The van der Waals surface area contributed by atoms with E-state index in [9.17, 15) is 18.0 Å². The molecule has 0 aliphatic carbocycles. The number of amides is 1. The Kier molecular flexibility index (Phi) is 5.53. The van der Waals surface area contributed by atoms with Crippen molar-refractivity contribution in [1.29, 1.82) is 0 Å². The van der Waals surface area contributed by atoms with Crippen molar-refractivity contribution < 1.29 is 27.4 Å². The average Bonchev–Trinajstić information content (AvgIpc) is 3.12. The standard InChI is InChI=1S/C21H19F3N4O3/c1-13(14-7-8-18-19(11-14)31-10-4-9-30-18)25-20(29)16-12-28(27-26-16)17-6-3-2-5-15(17)21(22,23)24/h2-3,5-8,11-13H,4,9-10H2,1H3,(H,25,29). The topological polar surface area (TPSA) is 78.3 Å². The van der Waals surface area contributed by atoms with Gasteiger partial charge in [0.15, 0.2) is 17.2 Å². The van der Waals surface area contributed by atoms with Crippen LogP contribution in [0.3, 0.4) is 0 Å². The summed E-state index contributed by atoms with van der Waals surface area (Å²) in [4.78, 5) is 12.6. The van der Waals surface area contributed by atoms with Gasteiger partial charge >= 0.3 is 6.18 Å². The zero-order valence-electron chi connectivity index (χ0n) is 16.5. The van der Waals surface area contributed by atoms with Crippen LogP contribution in [0.25, 0.3) is 5.69 Å². The van der Waals surface area contributed by atoms with E-state index in [4.69, 9.17) is 9.47 Å². The summed E-state index contributed by atoms with van der Waals surface area (Å²) in [6.45, 7) is 2.89. The van der Waals surface area contributed by atoms with Gasteiger partial charge < -0.3 is 14.8 Å². The Morgan fingerprint density at radius 2 is 1.87 bits per heavy atom. The molecule has 1 aromatic heterocycles. The lowest BCUT2D eigenvalue weighted by Gasteiger charge is -2.15. The number of halogens is 3. The molecule has 7 nitrogen and oxygen atoms in total. The first-order valence-electron chi connectivity index (χ1n) is 9.62. The molecule has 0 saturated carbocycles. The SMILES string of the molecule is CC(NC(=O)c1cn(-c2ccccc2C(F)(F)F)nn1)c1ccc2c(c1)OCCCO2. The molecule has 1 unspecified atom stereocenters. The monoisotopic (exact) mass is 432 g/mol. The highest BCUT2D eigenvalue weighted by molar-refractivity contribution is 5.92. The van der Waals surface area contributed by atoms with Crippen molar-refractivity contribution in [3.63, 3.8) is 0 Å². The minimum absolute atomic E-state index is 0.0989. The lowest BCUT2D eigenvalue weighted by atomic mass is 10.1. The van der Waals surface area contributed by atoms with Gasteiger partial charge in [0.2, 0.25) is 0 Å². The summed E-state index contributed by atoms with van der Waals surface area (Å²) in [5.74, 6) is 0.687. The molecule has 1 aliphatic heterocycles. The van der Waals surface area contributed by atoms with Gasteiger partial charge in [0.1, 0.15) is 0 Å². The number of benzene rings is 2. The first kappa shape index (κ1) is 20.7. The summed E-state index contributed by atoms with van der Waals surface area (Å²) >= 11 is 0. The van der Waals surface area contributed by atoms with Crippen LogP contribution in [0.15, 0.2) is 48.7 Å². The van der Waals surface area contributed by atoms with Crippen LogP contribution >= 0.6 is 0 Å². The van der Waals surface area contributed by atoms with Crippen molar-refractivity contribution in [2.45, 2.75) is 25.6 Å². The fourth-order valence-electron chi connectivity index (χ4n) is 3.20. The van der Waals surface area contributed by atoms with Crippen LogP contribution in [-0.2, 0) is 6.18 Å². The fourth-order valence-corrected chi connectivity index (χ4v) is 3.20. The molecule has 10 heteroatoms. The second-order valence-corrected chi connectivity index (χ2v) is 7.02. The van der Waals surface area contributed by atoms with E-state index in [2.05, 4.69) is 15.6 Å². The number of aromatic nitrogens is 3. The van der Waals surface area contributed by atoms with Gasteiger partial charge in [-0.15, -0.1) is 5.10 Å². The van der Waals surface area contributed by atoms with Gasteiger partial charge in [-0.25, -0.2) is 4.68 Å². The fraction of sp³-hybridized carbons (Fsp3) is 0.286. The summed E-state index contributed by atoms with van der Waals surface area (Å²) < 4.78 is 51.9. The highest BCUT2D eigenvalue weighted by Crippen LogP contribution is 2.34. The summed E-state index contributed by atoms with van der Waals surface area (Å²) in [6.07, 6.45) is -2.61. The summed E-state index contributed by atoms with van der Waals surface area (Å²) in [7, 11) is 0. The van der Waals surface area contributed by atoms with E-state index in [0.717, 1.165) is 22.7 Å². The molecule has 0 spiro atoms. The van der Waals surface area contributed by atoms with Gasteiger partial charge in [0.05, 0.1) is 36.7 Å². The van der Waals surface area contributed by atoms with Crippen LogP contribution in [0, 0.1) is 0 Å². The maximum Gasteiger partial charge on any atom is 0.418 e. The van der Waals surface area contributed by atoms with Crippen molar-refractivity contribution >= 4 is 5.91 Å². The number of nitrogens with zero attached hydrogens (tertiary/aromatic N) is 3. The quantitative estimate of drug-likeness (QED) is 0.676. The first-order chi connectivity index (χ1) is 14.8. The molecule has 3 aromatic rings. The van der Waals surface area contributed by atoms with Crippen LogP contribution in [0.1, 0.15) is 41.0 Å². The maximum absolute atomic E-state index is 13.2. The summed E-state index contributed by atoms with van der Waals surface area (Å²) in [5, 5.41) is 10.2. The maximum atomic E-state index is 13.2. The molecular formula is C21H19F3N4O3. The van der Waals surface area contributed by atoms with Crippen molar-refractivity contribution in [1.82, 2.24) is 20.3 Å². The normalized spacial score (nSPS) is 14.6. The Balaban J connectivity index is 1.51. The Morgan fingerprint density at radius 1 is 1.13 bits per heavy atom. The minimum Gasteiger partial charge on any atom is -0.490 e. The molecular weight excluding hydrogens is 413 g/mol. The number of fused-ring (bicyclic) bond motifs is 1. The minimum atomic E-state index is -4.56. The van der Waals surface area contributed by atoms with Crippen LogP contribution < -0.4 is 14.8 Å². The van der Waals surface area contributed by atoms with Gasteiger partial charge in [-0.05, 0) is 36.8 Å². The van der Waals surface area contributed by atoms with Crippen LogP contribution in [-0.4, -0.2) is 34.1 Å². The largest absolute Gasteiger partial charge is 0.490 e. The molecule has 31 heavy (non-hydrogen) atoms. The molecule has 1 atom stereocenters. The number of carbonyl (C=O) groups is 1. The van der Waals surface area contributed by atoms with Crippen molar-refractivity contribution in [3.8, 4) is 17.2 Å². The molecule has 162 valence electrons. The molecule has 1 N–H and O–H groups in total. The number of hydrogen-bond acceptors (Lipinski definition) is 5. The van der Waals surface area contributed by atoms with Crippen molar-refractivity contribution in [3.05, 3.63) is 65.5 Å². The predicted octanol–water partition coefficient (Wildman–Crippen LogP) is 3.94. The van der Waals surface area contributed by atoms with Gasteiger partial charge in [0.25, 0.3) is 5.91 Å². The van der Waals surface area contributed by atoms with Crippen LogP contribution in [0.5, 0.6) is 11.5 Å². The van der Waals surface area contributed by atoms with E-state index in [1.54, 1.807) is 19.1 Å². The number of para-hydroxylation sites is 1. The third kappa shape index (κ3) is 4.47. The number of rotatable bonds is 4. The van der Waals surface area contributed by atoms with Gasteiger partial charge in [0, 0.05) is 6.42 Å². The third-order valence-electron chi connectivity index (χ3n) is 4.80. The zero-order valence-corrected chi connectivity index (χ0v) is 16.5. The molecule has 0 fully saturated rings. The summed E-state index contributed by atoms with van der Waals surface area (Å²) in [6, 6.07) is 9.94. The van der Waals surface area contributed by atoms with Crippen molar-refractivity contribution in [2.75, 3.05) is 13.2 Å². The Labute approximate surface area is 175 Å². The number of carbonyl (C=O) groups excluding carboxylic acids is 1. The van der Waals surface area contributed by atoms with Gasteiger partial charge in [-0.1, -0.05) is 23.4 Å². The summed E-state index contributed by atoms with van der Waals surface area (Å²) in [5.41, 5.74) is -0.393. The Bertz CT molecular complexity index is 1100. The Morgan fingerprint density at radius 3 is 2.65 bits per heavy atom. The highest BCUT2D eigenvalue weighted by Gasteiger charge is 2.34. The second kappa shape index (κ2) is 8.29. The lowest BCUT2D eigenvalue weighted by molar-refractivity contribution is -0.137. The van der Waals surface area contributed by atoms with Crippen LogP contribution in [0.2, 0.25) is 0 Å². The molecule has 1 amide bonds. The molecule has 4 rings (SSSR count). The zero-order chi connectivity index (χ0) is 22.0. The van der Waals surface area contributed by atoms with E-state index in [0.29, 0.717) is 24.7 Å². The molecule has 1 aliphatic rings. The second-order valence-electron chi connectivity index (χ2n) is 7.02. The first-order valence-corrected chi connectivity index (χ1v) is 9.62. The van der Waals surface area contributed by atoms with Crippen LogP contribution in [0.4, 0.5) is 13.2 Å². The molecule has 2 aromatic carbocycles. The number of alkyl halides is 3. The predicted molar refractivity (Wildman–Crippen MR) is 104 cm³/mol. The van der Waals surface area contributed by atoms with E-state index < -0.39 is 23.7 Å². The lowest BCUT2D eigenvalue weighted by Crippen LogP contribution is -2.27. The van der Waals surface area contributed by atoms with E-state index in [1.165, 1.54) is 24.4 Å².